The number of rotatable bonds is 4. The van der Waals surface area contributed by atoms with Crippen LogP contribution in [0.2, 0.25) is 0 Å². The summed E-state index contributed by atoms with van der Waals surface area (Å²) in [6.07, 6.45) is 4.06. The maximum Gasteiger partial charge on any atom is 0.225 e. The predicted octanol–water partition coefficient (Wildman–Crippen LogP) is 3.32. The van der Waals surface area contributed by atoms with Crippen molar-refractivity contribution in [3.63, 3.8) is 0 Å². The molecule has 0 bridgehead atoms. The fraction of sp³-hybridized carbons (Fsp3) is 0.650. The van der Waals surface area contributed by atoms with Gasteiger partial charge in [-0.3, -0.25) is 9.69 Å². The molecule has 2 heterocycles. The quantitative estimate of drug-likeness (QED) is 0.837. The maximum absolute atomic E-state index is 13.7. The van der Waals surface area contributed by atoms with Gasteiger partial charge in [0.25, 0.3) is 0 Å². The number of para-hydroxylation sites is 1. The summed E-state index contributed by atoms with van der Waals surface area (Å²) in [6.45, 7) is 7.65. The Morgan fingerprint density at radius 3 is 2.32 bits per heavy atom. The highest BCUT2D eigenvalue weighted by Gasteiger charge is 2.30. The van der Waals surface area contributed by atoms with Crippen LogP contribution in [0.25, 0.3) is 0 Å². The molecule has 1 aromatic rings. The highest BCUT2D eigenvalue weighted by atomic mass is 19.1. The van der Waals surface area contributed by atoms with Gasteiger partial charge in [-0.15, -0.1) is 0 Å². The number of nitrogens with zero attached hydrogens (tertiary/aromatic N) is 2. The molecule has 3 rings (SSSR count). The zero-order chi connectivity index (χ0) is 17.8. The molecule has 2 aliphatic heterocycles. The molecule has 0 aliphatic carbocycles. The third kappa shape index (κ3) is 4.51. The van der Waals surface area contributed by atoms with Gasteiger partial charge in [-0.2, -0.15) is 0 Å². The predicted molar refractivity (Wildman–Crippen MR) is 96.1 cm³/mol. The van der Waals surface area contributed by atoms with Gasteiger partial charge in [-0.1, -0.05) is 26.0 Å². The molecule has 1 amide bonds. The number of carbonyl (C=O) groups is 1. The standard InChI is InChI=1S/C20H29FN2O2/c1-15(2)20(24)23-11-7-16(8-12-23)22-13-9-17(10-14-22)25-19-6-4-3-5-18(19)21/h3-6,15-17H,7-14H2,1-2H3. The Hall–Kier alpha value is -1.62. The minimum absolute atomic E-state index is 0.0859. The van der Waals surface area contributed by atoms with Crippen LogP contribution < -0.4 is 4.74 Å². The number of hydrogen-bond donors (Lipinski definition) is 0. The van der Waals surface area contributed by atoms with Crippen LogP contribution in [0.1, 0.15) is 39.5 Å². The molecule has 0 unspecified atom stereocenters. The largest absolute Gasteiger partial charge is 0.487 e. The van der Waals surface area contributed by atoms with Crippen LogP contribution in [-0.4, -0.2) is 54.0 Å². The number of halogens is 1. The van der Waals surface area contributed by atoms with Gasteiger partial charge < -0.3 is 9.64 Å². The number of benzene rings is 1. The number of hydrogen-bond acceptors (Lipinski definition) is 3. The fourth-order valence-electron chi connectivity index (χ4n) is 3.90. The SMILES string of the molecule is CC(C)C(=O)N1CCC(N2CCC(Oc3ccccc3F)CC2)CC1. The normalized spacial score (nSPS) is 20.9. The fourth-order valence-corrected chi connectivity index (χ4v) is 3.90. The summed E-state index contributed by atoms with van der Waals surface area (Å²) < 4.78 is 19.5. The lowest BCUT2D eigenvalue weighted by Crippen LogP contribution is -2.50. The highest BCUT2D eigenvalue weighted by molar-refractivity contribution is 5.78. The molecular formula is C20H29FN2O2. The summed E-state index contributed by atoms with van der Waals surface area (Å²) in [5.41, 5.74) is 0. The lowest BCUT2D eigenvalue weighted by molar-refractivity contribution is -0.136. The van der Waals surface area contributed by atoms with Crippen molar-refractivity contribution in [2.24, 2.45) is 5.92 Å². The average Bonchev–Trinajstić information content (AvgIpc) is 2.64. The number of piperidine rings is 2. The molecule has 0 spiro atoms. The zero-order valence-electron chi connectivity index (χ0n) is 15.3. The van der Waals surface area contributed by atoms with Crippen molar-refractivity contribution < 1.29 is 13.9 Å². The molecule has 2 fully saturated rings. The Labute approximate surface area is 149 Å². The van der Waals surface area contributed by atoms with Gasteiger partial charge in [0.05, 0.1) is 0 Å². The van der Waals surface area contributed by atoms with Crippen LogP contribution >= 0.6 is 0 Å². The summed E-state index contributed by atoms with van der Waals surface area (Å²) in [5, 5.41) is 0. The van der Waals surface area contributed by atoms with Crippen LogP contribution in [-0.2, 0) is 4.79 Å². The van der Waals surface area contributed by atoms with Crippen molar-refractivity contribution in [1.29, 1.82) is 0 Å². The van der Waals surface area contributed by atoms with E-state index in [0.717, 1.165) is 51.9 Å². The molecule has 25 heavy (non-hydrogen) atoms. The van der Waals surface area contributed by atoms with Crippen molar-refractivity contribution in [2.45, 2.75) is 51.7 Å². The molecule has 4 nitrogen and oxygen atoms in total. The van der Waals surface area contributed by atoms with Crippen LogP contribution in [0.4, 0.5) is 4.39 Å². The van der Waals surface area contributed by atoms with E-state index in [1.807, 2.05) is 18.7 Å². The van der Waals surface area contributed by atoms with E-state index in [1.54, 1.807) is 18.2 Å². The van der Waals surface area contributed by atoms with Crippen molar-refractivity contribution in [3.8, 4) is 5.75 Å². The first kappa shape index (κ1) is 18.2. The zero-order valence-corrected chi connectivity index (χ0v) is 15.3. The Bertz CT molecular complexity index is 577. The second-order valence-electron chi connectivity index (χ2n) is 7.49. The summed E-state index contributed by atoms with van der Waals surface area (Å²) in [7, 11) is 0. The van der Waals surface area contributed by atoms with E-state index in [1.165, 1.54) is 6.07 Å². The topological polar surface area (TPSA) is 32.8 Å². The molecule has 2 aliphatic rings. The van der Waals surface area contributed by atoms with E-state index >= 15 is 0 Å². The minimum Gasteiger partial charge on any atom is -0.487 e. The number of ether oxygens (including phenoxy) is 1. The van der Waals surface area contributed by atoms with Gasteiger partial charge in [-0.05, 0) is 37.8 Å². The van der Waals surface area contributed by atoms with E-state index in [-0.39, 0.29) is 23.7 Å². The van der Waals surface area contributed by atoms with Crippen molar-refractivity contribution in [3.05, 3.63) is 30.1 Å². The second-order valence-corrected chi connectivity index (χ2v) is 7.49. The summed E-state index contributed by atoms with van der Waals surface area (Å²) in [5.74, 6) is 0.437. The monoisotopic (exact) mass is 348 g/mol. The highest BCUT2D eigenvalue weighted by Crippen LogP contribution is 2.25. The number of amides is 1. The van der Waals surface area contributed by atoms with Crippen LogP contribution in [0.3, 0.4) is 0 Å². The third-order valence-corrected chi connectivity index (χ3v) is 5.39. The smallest absolute Gasteiger partial charge is 0.225 e. The van der Waals surface area contributed by atoms with Crippen molar-refractivity contribution >= 4 is 5.91 Å². The van der Waals surface area contributed by atoms with E-state index in [4.69, 9.17) is 4.74 Å². The van der Waals surface area contributed by atoms with Gasteiger partial charge in [0.1, 0.15) is 6.10 Å². The molecule has 5 heteroatoms. The summed E-state index contributed by atoms with van der Waals surface area (Å²) >= 11 is 0. The van der Waals surface area contributed by atoms with Crippen molar-refractivity contribution in [2.75, 3.05) is 26.2 Å². The summed E-state index contributed by atoms with van der Waals surface area (Å²) in [4.78, 5) is 16.6. The first-order valence-electron chi connectivity index (χ1n) is 9.48. The van der Waals surface area contributed by atoms with Gasteiger partial charge in [0.2, 0.25) is 5.91 Å². The molecule has 0 radical (unpaired) electrons. The molecule has 0 aromatic heterocycles. The maximum atomic E-state index is 13.7. The Morgan fingerprint density at radius 1 is 1.08 bits per heavy atom. The Balaban J connectivity index is 1.44. The molecular weight excluding hydrogens is 319 g/mol. The van der Waals surface area contributed by atoms with Crippen LogP contribution in [0.5, 0.6) is 5.75 Å². The van der Waals surface area contributed by atoms with Gasteiger partial charge in [0.15, 0.2) is 11.6 Å². The van der Waals surface area contributed by atoms with E-state index in [9.17, 15) is 9.18 Å². The molecule has 1 aromatic carbocycles. The van der Waals surface area contributed by atoms with E-state index < -0.39 is 0 Å². The minimum atomic E-state index is -0.285. The Morgan fingerprint density at radius 2 is 1.72 bits per heavy atom. The second kappa shape index (κ2) is 8.17. The first-order valence-corrected chi connectivity index (χ1v) is 9.48. The number of likely N-dealkylation sites (tertiary alicyclic amines) is 2. The van der Waals surface area contributed by atoms with Gasteiger partial charge in [-0.25, -0.2) is 4.39 Å². The lowest BCUT2D eigenvalue weighted by Gasteiger charge is -2.42. The van der Waals surface area contributed by atoms with Gasteiger partial charge in [0, 0.05) is 38.1 Å². The first-order chi connectivity index (χ1) is 12.0. The van der Waals surface area contributed by atoms with E-state index in [0.29, 0.717) is 11.8 Å². The van der Waals surface area contributed by atoms with E-state index in [2.05, 4.69) is 4.90 Å². The molecule has 2 saturated heterocycles. The average molecular weight is 348 g/mol. The Kier molecular flexibility index (Phi) is 5.94. The third-order valence-electron chi connectivity index (χ3n) is 5.39. The molecule has 138 valence electrons. The molecule has 0 saturated carbocycles. The van der Waals surface area contributed by atoms with Crippen LogP contribution in [0.15, 0.2) is 24.3 Å². The number of carbonyl (C=O) groups excluding carboxylic acids is 1. The van der Waals surface area contributed by atoms with Gasteiger partial charge >= 0.3 is 0 Å². The molecule has 0 atom stereocenters. The van der Waals surface area contributed by atoms with Crippen LogP contribution in [0, 0.1) is 11.7 Å². The van der Waals surface area contributed by atoms with Crippen molar-refractivity contribution in [1.82, 2.24) is 9.80 Å². The lowest BCUT2D eigenvalue weighted by atomic mass is 9.98. The molecule has 0 N–H and O–H groups in total. The summed E-state index contributed by atoms with van der Waals surface area (Å²) in [6, 6.07) is 7.19.